The normalized spacial score (nSPS) is 22.9. The predicted molar refractivity (Wildman–Crippen MR) is 96.2 cm³/mol. The summed E-state index contributed by atoms with van der Waals surface area (Å²) in [5.41, 5.74) is 0. The molecule has 0 unspecified atom stereocenters. The van der Waals surface area contributed by atoms with Crippen molar-refractivity contribution < 1.29 is 19.1 Å². The van der Waals surface area contributed by atoms with E-state index in [0.717, 1.165) is 18.6 Å². The van der Waals surface area contributed by atoms with Crippen molar-refractivity contribution in [3.8, 4) is 5.75 Å². The molecule has 2 rings (SSSR count). The van der Waals surface area contributed by atoms with Gasteiger partial charge < -0.3 is 14.8 Å². The Bertz CT molecular complexity index is 546. The number of nitrogens with one attached hydrogen (secondary N) is 1. The number of ether oxygens (including phenoxy) is 2. The van der Waals surface area contributed by atoms with Gasteiger partial charge in [-0.25, -0.2) is 0 Å². The fourth-order valence-electron chi connectivity index (χ4n) is 3.18. The molecule has 0 radical (unpaired) electrons. The van der Waals surface area contributed by atoms with Crippen molar-refractivity contribution in [1.82, 2.24) is 5.32 Å². The van der Waals surface area contributed by atoms with E-state index in [1.807, 2.05) is 30.3 Å². The van der Waals surface area contributed by atoms with Gasteiger partial charge in [-0.2, -0.15) is 0 Å². The average Bonchev–Trinajstić information content (AvgIpc) is 2.62. The summed E-state index contributed by atoms with van der Waals surface area (Å²) in [6.45, 7) is 4.65. The van der Waals surface area contributed by atoms with E-state index in [4.69, 9.17) is 9.47 Å². The molecular weight excluding hydrogens is 318 g/mol. The zero-order valence-corrected chi connectivity index (χ0v) is 15.2. The minimum atomic E-state index is -0.364. The molecule has 0 spiro atoms. The van der Waals surface area contributed by atoms with Crippen molar-refractivity contribution in [1.29, 1.82) is 0 Å². The molecule has 25 heavy (non-hydrogen) atoms. The fraction of sp³-hybridized carbons (Fsp3) is 0.600. The predicted octanol–water partition coefficient (Wildman–Crippen LogP) is 3.33. The van der Waals surface area contributed by atoms with Crippen LogP contribution in [0.15, 0.2) is 30.3 Å². The van der Waals surface area contributed by atoms with Gasteiger partial charge in [-0.15, -0.1) is 0 Å². The van der Waals surface area contributed by atoms with Crippen molar-refractivity contribution >= 4 is 11.9 Å². The van der Waals surface area contributed by atoms with Crippen molar-refractivity contribution in [2.24, 2.45) is 11.8 Å². The SMILES string of the molecule is C[C@@H]1[C@H](C)CCC[C@@H]1NC(=O)COC(=O)CCCOc1ccccc1. The second-order valence-electron chi connectivity index (χ2n) is 6.87. The van der Waals surface area contributed by atoms with E-state index < -0.39 is 0 Å². The highest BCUT2D eigenvalue weighted by molar-refractivity contribution is 5.80. The molecule has 1 aromatic carbocycles. The number of amides is 1. The van der Waals surface area contributed by atoms with E-state index in [-0.39, 0.29) is 30.9 Å². The van der Waals surface area contributed by atoms with E-state index >= 15 is 0 Å². The highest BCUT2D eigenvalue weighted by Gasteiger charge is 2.28. The van der Waals surface area contributed by atoms with Crippen LogP contribution < -0.4 is 10.1 Å². The number of rotatable bonds is 8. The van der Waals surface area contributed by atoms with Crippen LogP contribution in [0, 0.1) is 11.8 Å². The fourth-order valence-corrected chi connectivity index (χ4v) is 3.18. The third-order valence-electron chi connectivity index (χ3n) is 4.95. The third kappa shape index (κ3) is 6.77. The van der Waals surface area contributed by atoms with Crippen LogP contribution in [0.5, 0.6) is 5.75 Å². The quantitative estimate of drug-likeness (QED) is 0.579. The number of hydrogen-bond donors (Lipinski definition) is 1. The lowest BCUT2D eigenvalue weighted by molar-refractivity contribution is -0.149. The first kappa shape index (κ1) is 19.3. The largest absolute Gasteiger partial charge is 0.494 e. The van der Waals surface area contributed by atoms with Gasteiger partial charge in [0.25, 0.3) is 5.91 Å². The Kier molecular flexibility index (Phi) is 7.76. The molecule has 1 fully saturated rings. The second kappa shape index (κ2) is 10.1. The lowest BCUT2D eigenvalue weighted by Crippen LogP contribution is -2.45. The summed E-state index contributed by atoms with van der Waals surface area (Å²) in [5.74, 6) is 1.29. The van der Waals surface area contributed by atoms with Crippen LogP contribution in [0.1, 0.15) is 46.0 Å². The number of hydrogen-bond acceptors (Lipinski definition) is 4. The molecule has 0 aliphatic heterocycles. The van der Waals surface area contributed by atoms with Crippen LogP contribution in [0.3, 0.4) is 0 Å². The molecule has 1 amide bonds. The summed E-state index contributed by atoms with van der Waals surface area (Å²) >= 11 is 0. The highest BCUT2D eigenvalue weighted by Crippen LogP contribution is 2.29. The maximum Gasteiger partial charge on any atom is 0.306 e. The Hall–Kier alpha value is -2.04. The average molecular weight is 347 g/mol. The summed E-state index contributed by atoms with van der Waals surface area (Å²) in [5, 5.41) is 3.00. The third-order valence-corrected chi connectivity index (χ3v) is 4.95. The van der Waals surface area contributed by atoms with Gasteiger partial charge in [0.15, 0.2) is 6.61 Å². The van der Waals surface area contributed by atoms with Gasteiger partial charge in [-0.1, -0.05) is 44.9 Å². The van der Waals surface area contributed by atoms with Crippen LogP contribution in [0.25, 0.3) is 0 Å². The van der Waals surface area contributed by atoms with Gasteiger partial charge in [-0.3, -0.25) is 9.59 Å². The Morgan fingerprint density at radius 1 is 1.16 bits per heavy atom. The van der Waals surface area contributed by atoms with E-state index in [0.29, 0.717) is 24.9 Å². The molecule has 1 aliphatic carbocycles. The monoisotopic (exact) mass is 347 g/mol. The molecule has 5 nitrogen and oxygen atoms in total. The smallest absolute Gasteiger partial charge is 0.306 e. The van der Waals surface area contributed by atoms with Crippen molar-refractivity contribution in [2.75, 3.05) is 13.2 Å². The molecule has 5 heteroatoms. The summed E-state index contributed by atoms with van der Waals surface area (Å²) in [7, 11) is 0. The van der Waals surface area contributed by atoms with Crippen LogP contribution >= 0.6 is 0 Å². The van der Waals surface area contributed by atoms with Crippen LogP contribution in [0.4, 0.5) is 0 Å². The molecule has 1 aromatic rings. The Morgan fingerprint density at radius 2 is 1.92 bits per heavy atom. The molecule has 1 saturated carbocycles. The first-order valence-electron chi connectivity index (χ1n) is 9.19. The minimum Gasteiger partial charge on any atom is -0.494 e. The molecule has 0 bridgehead atoms. The van der Waals surface area contributed by atoms with Crippen molar-refractivity contribution in [3.05, 3.63) is 30.3 Å². The Morgan fingerprint density at radius 3 is 2.68 bits per heavy atom. The number of para-hydroxylation sites is 1. The van der Waals surface area contributed by atoms with E-state index in [1.54, 1.807) is 0 Å². The van der Waals surface area contributed by atoms with Crippen molar-refractivity contribution in [2.45, 2.75) is 52.0 Å². The van der Waals surface area contributed by atoms with E-state index in [2.05, 4.69) is 19.2 Å². The summed E-state index contributed by atoms with van der Waals surface area (Å²) in [6.07, 6.45) is 4.16. The van der Waals surface area contributed by atoms with E-state index in [9.17, 15) is 9.59 Å². The minimum absolute atomic E-state index is 0.189. The maximum atomic E-state index is 12.0. The molecular formula is C20H29NO4. The number of benzene rings is 1. The maximum absolute atomic E-state index is 12.0. The zero-order chi connectivity index (χ0) is 18.1. The van der Waals surface area contributed by atoms with Gasteiger partial charge in [-0.05, 0) is 36.8 Å². The first-order chi connectivity index (χ1) is 12.1. The van der Waals surface area contributed by atoms with Crippen molar-refractivity contribution in [3.63, 3.8) is 0 Å². The van der Waals surface area contributed by atoms with Gasteiger partial charge in [0.1, 0.15) is 5.75 Å². The molecule has 0 heterocycles. The molecule has 0 aromatic heterocycles. The van der Waals surface area contributed by atoms with Gasteiger partial charge in [0, 0.05) is 12.5 Å². The molecule has 3 atom stereocenters. The van der Waals surface area contributed by atoms with E-state index in [1.165, 1.54) is 6.42 Å². The number of carbonyl (C=O) groups excluding carboxylic acids is 2. The summed E-state index contributed by atoms with van der Waals surface area (Å²) < 4.78 is 10.6. The summed E-state index contributed by atoms with van der Waals surface area (Å²) in [6, 6.07) is 9.65. The standard InChI is InChI=1S/C20H29NO4/c1-15-8-6-11-18(16(15)2)21-19(22)14-25-20(23)12-7-13-24-17-9-4-3-5-10-17/h3-5,9-10,15-16,18H,6-8,11-14H2,1-2H3,(H,21,22)/t15-,16-,18+/m1/s1. The molecule has 1 N–H and O–H groups in total. The number of carbonyl (C=O) groups is 2. The molecule has 138 valence electrons. The van der Waals surface area contributed by atoms with Crippen LogP contribution in [0.2, 0.25) is 0 Å². The van der Waals surface area contributed by atoms with Crippen LogP contribution in [-0.2, 0) is 14.3 Å². The van der Waals surface area contributed by atoms with Gasteiger partial charge in [0.2, 0.25) is 0 Å². The summed E-state index contributed by atoms with van der Waals surface area (Å²) in [4.78, 5) is 23.7. The lowest BCUT2D eigenvalue weighted by Gasteiger charge is -2.34. The molecule has 1 aliphatic rings. The Balaban J connectivity index is 1.57. The lowest BCUT2D eigenvalue weighted by atomic mass is 9.78. The van der Waals surface area contributed by atoms with Gasteiger partial charge in [0.05, 0.1) is 6.61 Å². The molecule has 0 saturated heterocycles. The first-order valence-corrected chi connectivity index (χ1v) is 9.19. The van der Waals surface area contributed by atoms with Gasteiger partial charge >= 0.3 is 5.97 Å². The van der Waals surface area contributed by atoms with Crippen LogP contribution in [-0.4, -0.2) is 31.1 Å². The highest BCUT2D eigenvalue weighted by atomic mass is 16.5. The second-order valence-corrected chi connectivity index (χ2v) is 6.87. The Labute approximate surface area is 150 Å². The number of esters is 1. The zero-order valence-electron chi connectivity index (χ0n) is 15.2. The topological polar surface area (TPSA) is 64.6 Å².